The zero-order valence-corrected chi connectivity index (χ0v) is 12.8. The van der Waals surface area contributed by atoms with Crippen molar-refractivity contribution in [3.8, 4) is 5.75 Å². The molecule has 1 amide bonds. The molecule has 20 heavy (non-hydrogen) atoms. The van der Waals surface area contributed by atoms with Crippen LogP contribution >= 0.6 is 24.0 Å². The third-order valence-corrected chi connectivity index (χ3v) is 3.61. The van der Waals surface area contributed by atoms with E-state index in [9.17, 15) is 4.79 Å². The highest BCUT2D eigenvalue weighted by Gasteiger charge is 2.25. The Morgan fingerprint density at radius 3 is 2.95 bits per heavy atom. The van der Waals surface area contributed by atoms with Crippen LogP contribution in [0, 0.1) is 0 Å². The highest BCUT2D eigenvalue weighted by Crippen LogP contribution is 2.19. The predicted octanol–water partition coefficient (Wildman–Crippen LogP) is 2.48. The average Bonchev–Trinajstić information content (AvgIpc) is 2.45. The van der Waals surface area contributed by atoms with Gasteiger partial charge in [0.2, 0.25) is 0 Å². The molecular weight excluding hydrogens is 299 g/mol. The van der Waals surface area contributed by atoms with E-state index in [2.05, 4.69) is 0 Å². The smallest absolute Gasteiger partial charge is 0.260 e. The third kappa shape index (κ3) is 4.54. The Balaban J connectivity index is 0.00000200. The van der Waals surface area contributed by atoms with Crippen molar-refractivity contribution in [2.75, 3.05) is 19.7 Å². The average molecular weight is 319 g/mol. The zero-order chi connectivity index (χ0) is 13.7. The Hall–Kier alpha value is -0.970. The van der Waals surface area contributed by atoms with Crippen LogP contribution in [0.25, 0.3) is 0 Å². The Morgan fingerprint density at radius 1 is 1.45 bits per heavy atom. The van der Waals surface area contributed by atoms with Crippen molar-refractivity contribution in [2.24, 2.45) is 5.73 Å². The van der Waals surface area contributed by atoms with E-state index in [1.165, 1.54) is 0 Å². The number of amides is 1. The van der Waals surface area contributed by atoms with Crippen molar-refractivity contribution in [3.05, 3.63) is 29.3 Å². The molecule has 1 aliphatic heterocycles. The van der Waals surface area contributed by atoms with E-state index >= 15 is 0 Å². The second-order valence-electron chi connectivity index (χ2n) is 4.72. The minimum atomic E-state index is -0.00451. The van der Waals surface area contributed by atoms with Crippen molar-refractivity contribution in [1.82, 2.24) is 4.90 Å². The Labute approximate surface area is 130 Å². The van der Waals surface area contributed by atoms with Crippen LogP contribution in [0.1, 0.15) is 19.3 Å². The minimum Gasteiger partial charge on any atom is -0.484 e. The van der Waals surface area contributed by atoms with Crippen molar-refractivity contribution < 1.29 is 9.53 Å². The van der Waals surface area contributed by atoms with E-state index in [1.807, 2.05) is 4.90 Å². The van der Waals surface area contributed by atoms with Gasteiger partial charge in [-0.05, 0) is 37.5 Å². The number of carbonyl (C=O) groups excluding carboxylic acids is 1. The summed E-state index contributed by atoms with van der Waals surface area (Å²) in [5.41, 5.74) is 5.71. The number of rotatable bonds is 4. The summed E-state index contributed by atoms with van der Waals surface area (Å²) in [5.74, 6) is 0.609. The molecule has 0 spiro atoms. The van der Waals surface area contributed by atoms with Crippen LogP contribution in [-0.2, 0) is 4.79 Å². The standard InChI is InChI=1S/C14H19ClN2O2.ClH/c15-11-4-3-6-13(8-11)19-10-14(18)17-7-2-1-5-12(17)9-16;/h3-4,6,8,12H,1-2,5,7,9-10,16H2;1H. The van der Waals surface area contributed by atoms with E-state index < -0.39 is 0 Å². The van der Waals surface area contributed by atoms with E-state index in [4.69, 9.17) is 22.1 Å². The maximum Gasteiger partial charge on any atom is 0.260 e. The number of nitrogens with two attached hydrogens (primary N) is 1. The summed E-state index contributed by atoms with van der Waals surface area (Å²) in [7, 11) is 0. The number of nitrogens with zero attached hydrogens (tertiary/aromatic N) is 1. The molecule has 2 rings (SSSR count). The highest BCUT2D eigenvalue weighted by atomic mass is 35.5. The van der Waals surface area contributed by atoms with E-state index in [0.717, 1.165) is 25.8 Å². The van der Waals surface area contributed by atoms with E-state index in [-0.39, 0.29) is 31.0 Å². The molecule has 1 atom stereocenters. The summed E-state index contributed by atoms with van der Waals surface area (Å²) < 4.78 is 5.48. The number of ether oxygens (including phenoxy) is 1. The summed E-state index contributed by atoms with van der Waals surface area (Å²) in [4.78, 5) is 14.0. The molecule has 0 saturated carbocycles. The van der Waals surface area contributed by atoms with Crippen LogP contribution in [0.4, 0.5) is 0 Å². The van der Waals surface area contributed by atoms with Crippen molar-refractivity contribution in [2.45, 2.75) is 25.3 Å². The molecule has 0 aliphatic carbocycles. The van der Waals surface area contributed by atoms with Gasteiger partial charge < -0.3 is 15.4 Å². The van der Waals surface area contributed by atoms with Crippen LogP contribution in [0.15, 0.2) is 24.3 Å². The summed E-state index contributed by atoms with van der Waals surface area (Å²) in [6, 6.07) is 7.21. The van der Waals surface area contributed by atoms with Crippen molar-refractivity contribution in [3.63, 3.8) is 0 Å². The molecular formula is C14H20Cl2N2O2. The lowest BCUT2D eigenvalue weighted by molar-refractivity contribution is -0.136. The summed E-state index contributed by atoms with van der Waals surface area (Å²) >= 11 is 5.86. The Bertz CT molecular complexity index is 443. The molecule has 0 radical (unpaired) electrons. The van der Waals surface area contributed by atoms with Crippen molar-refractivity contribution in [1.29, 1.82) is 0 Å². The summed E-state index contributed by atoms with van der Waals surface area (Å²) in [6.45, 7) is 1.33. The quantitative estimate of drug-likeness (QED) is 0.927. The lowest BCUT2D eigenvalue weighted by Gasteiger charge is -2.34. The maximum absolute atomic E-state index is 12.1. The molecule has 1 fully saturated rings. The van der Waals surface area contributed by atoms with Gasteiger partial charge in [0.05, 0.1) is 0 Å². The van der Waals surface area contributed by atoms with Crippen LogP contribution in [-0.4, -0.2) is 36.5 Å². The van der Waals surface area contributed by atoms with Gasteiger partial charge >= 0.3 is 0 Å². The number of hydrogen-bond donors (Lipinski definition) is 1. The number of carbonyl (C=O) groups is 1. The molecule has 1 saturated heterocycles. The SMILES string of the molecule is Cl.NCC1CCCCN1C(=O)COc1cccc(Cl)c1. The van der Waals surface area contributed by atoms with Gasteiger partial charge in [0, 0.05) is 24.2 Å². The fourth-order valence-electron chi connectivity index (χ4n) is 2.36. The predicted molar refractivity (Wildman–Crippen MR) is 82.6 cm³/mol. The fraction of sp³-hybridized carbons (Fsp3) is 0.500. The molecule has 1 aliphatic rings. The highest BCUT2D eigenvalue weighted by molar-refractivity contribution is 6.30. The zero-order valence-electron chi connectivity index (χ0n) is 11.3. The molecule has 0 aromatic heterocycles. The molecule has 1 heterocycles. The Morgan fingerprint density at radius 2 is 2.25 bits per heavy atom. The van der Waals surface area contributed by atoms with Crippen molar-refractivity contribution >= 4 is 29.9 Å². The number of hydrogen-bond acceptors (Lipinski definition) is 3. The van der Waals surface area contributed by atoms with Gasteiger partial charge in [-0.3, -0.25) is 4.79 Å². The first kappa shape index (κ1) is 17.1. The molecule has 4 nitrogen and oxygen atoms in total. The minimum absolute atomic E-state index is 0. The molecule has 2 N–H and O–H groups in total. The van der Waals surface area contributed by atoms with Gasteiger partial charge in [-0.15, -0.1) is 12.4 Å². The van der Waals surface area contributed by atoms with Crippen LogP contribution < -0.4 is 10.5 Å². The lowest BCUT2D eigenvalue weighted by Crippen LogP contribution is -2.49. The van der Waals surface area contributed by atoms with Gasteiger partial charge in [0.1, 0.15) is 5.75 Å². The van der Waals surface area contributed by atoms with Gasteiger partial charge in [0.15, 0.2) is 6.61 Å². The van der Waals surface area contributed by atoms with E-state index in [0.29, 0.717) is 17.3 Å². The number of likely N-dealkylation sites (tertiary alicyclic amines) is 1. The molecule has 0 bridgehead atoms. The second-order valence-corrected chi connectivity index (χ2v) is 5.15. The number of halogens is 2. The van der Waals surface area contributed by atoms with Gasteiger partial charge in [0.25, 0.3) is 5.91 Å². The summed E-state index contributed by atoms with van der Waals surface area (Å²) in [5, 5.41) is 0.600. The first-order valence-corrected chi connectivity index (χ1v) is 6.96. The largest absolute Gasteiger partial charge is 0.484 e. The first-order chi connectivity index (χ1) is 9.20. The van der Waals surface area contributed by atoms with Crippen LogP contribution in [0.2, 0.25) is 5.02 Å². The monoisotopic (exact) mass is 318 g/mol. The first-order valence-electron chi connectivity index (χ1n) is 6.58. The molecule has 6 heteroatoms. The molecule has 1 aromatic rings. The second kappa shape index (κ2) is 8.35. The topological polar surface area (TPSA) is 55.6 Å². The molecule has 1 aromatic carbocycles. The van der Waals surface area contributed by atoms with Crippen LogP contribution in [0.5, 0.6) is 5.75 Å². The van der Waals surface area contributed by atoms with Gasteiger partial charge in [-0.2, -0.15) is 0 Å². The van der Waals surface area contributed by atoms with Gasteiger partial charge in [-0.1, -0.05) is 17.7 Å². The van der Waals surface area contributed by atoms with Crippen LogP contribution in [0.3, 0.4) is 0 Å². The van der Waals surface area contributed by atoms with Gasteiger partial charge in [-0.25, -0.2) is 0 Å². The van der Waals surface area contributed by atoms with E-state index in [1.54, 1.807) is 24.3 Å². The Kier molecular flexibility index (Phi) is 7.13. The normalized spacial score (nSPS) is 18.3. The molecule has 112 valence electrons. The molecule has 1 unspecified atom stereocenters. The lowest BCUT2D eigenvalue weighted by atomic mass is 10.0. The maximum atomic E-state index is 12.1. The third-order valence-electron chi connectivity index (χ3n) is 3.38. The summed E-state index contributed by atoms with van der Waals surface area (Å²) in [6.07, 6.45) is 3.17. The fourth-order valence-corrected chi connectivity index (χ4v) is 2.54. The number of piperidine rings is 1. The number of benzene rings is 1.